The maximum absolute atomic E-state index is 11.7. The molecule has 0 radical (unpaired) electrons. The number of H-pyrrole nitrogens is 1. The number of hydrogen-bond donors (Lipinski definition) is 2. The number of aromatic amines is 1. The first-order valence-electron chi connectivity index (χ1n) is 6.51. The first-order chi connectivity index (χ1) is 10.5. The van der Waals surface area contributed by atoms with Crippen molar-refractivity contribution in [3.05, 3.63) is 52.1 Å². The maximum atomic E-state index is 11.7. The number of aromatic nitrogens is 2. The quantitative estimate of drug-likeness (QED) is 0.343. The number of imidazole rings is 1. The molecule has 0 aliphatic heterocycles. The molecule has 0 aliphatic rings. The molecule has 22 heavy (non-hydrogen) atoms. The SMILES string of the molecule is CN(C=O)c1c(/C(N)=N\OCc2ccccc2)[nH]c(=O)n1C. The van der Waals surface area contributed by atoms with Crippen molar-refractivity contribution in [3.63, 3.8) is 0 Å². The lowest BCUT2D eigenvalue weighted by atomic mass is 10.2. The van der Waals surface area contributed by atoms with Crippen molar-refractivity contribution in [2.75, 3.05) is 11.9 Å². The van der Waals surface area contributed by atoms with E-state index in [9.17, 15) is 9.59 Å². The molecule has 0 atom stereocenters. The van der Waals surface area contributed by atoms with E-state index >= 15 is 0 Å². The number of oxime groups is 1. The van der Waals surface area contributed by atoms with Crippen LogP contribution in [0.2, 0.25) is 0 Å². The minimum atomic E-state index is -0.403. The number of rotatable bonds is 6. The second-order valence-corrected chi connectivity index (χ2v) is 4.64. The van der Waals surface area contributed by atoms with Gasteiger partial charge in [0, 0.05) is 14.1 Å². The third-order valence-corrected chi connectivity index (χ3v) is 3.06. The highest BCUT2D eigenvalue weighted by molar-refractivity contribution is 6.01. The van der Waals surface area contributed by atoms with Gasteiger partial charge in [-0.15, -0.1) is 0 Å². The summed E-state index contributed by atoms with van der Waals surface area (Å²) in [5.41, 5.74) is 6.60. The number of benzene rings is 1. The summed E-state index contributed by atoms with van der Waals surface area (Å²) < 4.78 is 1.27. The van der Waals surface area contributed by atoms with Gasteiger partial charge in [0.05, 0.1) is 0 Å². The molecule has 0 saturated carbocycles. The monoisotopic (exact) mass is 303 g/mol. The number of nitrogens with zero attached hydrogens (tertiary/aromatic N) is 3. The van der Waals surface area contributed by atoms with E-state index in [-0.39, 0.29) is 18.1 Å². The minimum Gasteiger partial charge on any atom is -0.389 e. The van der Waals surface area contributed by atoms with Crippen molar-refractivity contribution in [1.82, 2.24) is 9.55 Å². The van der Waals surface area contributed by atoms with Gasteiger partial charge in [-0.2, -0.15) is 0 Å². The van der Waals surface area contributed by atoms with Crippen LogP contribution in [0.3, 0.4) is 0 Å². The van der Waals surface area contributed by atoms with Gasteiger partial charge in [0.25, 0.3) is 0 Å². The Kier molecular flexibility index (Phi) is 4.62. The van der Waals surface area contributed by atoms with Crippen molar-refractivity contribution in [1.29, 1.82) is 0 Å². The third kappa shape index (κ3) is 3.17. The standard InChI is InChI=1S/C14H17N5O3/c1-18(9-20)13-11(16-14(21)19(13)2)12(15)17-22-8-10-6-4-3-5-7-10/h3-7,9H,8H2,1-2H3,(H2,15,17)(H,16,21). The van der Waals surface area contributed by atoms with Gasteiger partial charge in [0.15, 0.2) is 5.84 Å². The zero-order chi connectivity index (χ0) is 16.1. The molecule has 116 valence electrons. The second-order valence-electron chi connectivity index (χ2n) is 4.64. The molecule has 1 aromatic heterocycles. The largest absolute Gasteiger partial charge is 0.389 e. The predicted octanol–water partition coefficient (Wildman–Crippen LogP) is 0.143. The van der Waals surface area contributed by atoms with Crippen molar-refractivity contribution in [2.45, 2.75) is 6.61 Å². The molecule has 2 rings (SSSR count). The number of hydrogen-bond acceptors (Lipinski definition) is 4. The van der Waals surface area contributed by atoms with E-state index < -0.39 is 5.69 Å². The smallest absolute Gasteiger partial charge is 0.327 e. The van der Waals surface area contributed by atoms with Crippen LogP contribution in [0.25, 0.3) is 0 Å². The maximum Gasteiger partial charge on any atom is 0.327 e. The van der Waals surface area contributed by atoms with E-state index in [4.69, 9.17) is 10.6 Å². The molecule has 0 saturated heterocycles. The highest BCUT2D eigenvalue weighted by atomic mass is 16.6. The Morgan fingerprint density at radius 3 is 2.77 bits per heavy atom. The van der Waals surface area contributed by atoms with Gasteiger partial charge in [-0.25, -0.2) is 4.79 Å². The van der Waals surface area contributed by atoms with Crippen LogP contribution >= 0.6 is 0 Å². The number of carbonyl (C=O) groups is 1. The van der Waals surface area contributed by atoms with Gasteiger partial charge in [0.1, 0.15) is 18.1 Å². The van der Waals surface area contributed by atoms with Gasteiger partial charge >= 0.3 is 5.69 Å². The molecule has 1 aromatic carbocycles. The van der Waals surface area contributed by atoms with Gasteiger partial charge in [0.2, 0.25) is 6.41 Å². The number of nitrogens with two attached hydrogens (primary N) is 1. The van der Waals surface area contributed by atoms with Crippen molar-refractivity contribution in [2.24, 2.45) is 17.9 Å². The van der Waals surface area contributed by atoms with Gasteiger partial charge < -0.3 is 20.5 Å². The minimum absolute atomic E-state index is 0.0164. The molecule has 0 bridgehead atoms. The average molecular weight is 303 g/mol. The van der Waals surface area contributed by atoms with Gasteiger partial charge in [-0.1, -0.05) is 35.5 Å². The fraction of sp³-hybridized carbons (Fsp3) is 0.214. The molecule has 1 amide bonds. The highest BCUT2D eigenvalue weighted by Crippen LogP contribution is 2.13. The van der Waals surface area contributed by atoms with Crippen LogP contribution in [0.4, 0.5) is 5.82 Å². The van der Waals surface area contributed by atoms with E-state index in [1.165, 1.54) is 23.6 Å². The Morgan fingerprint density at radius 2 is 2.14 bits per heavy atom. The Bertz CT molecular complexity index is 733. The van der Waals surface area contributed by atoms with E-state index in [2.05, 4.69) is 10.1 Å². The number of anilines is 1. The number of amides is 1. The summed E-state index contributed by atoms with van der Waals surface area (Å²) in [5.74, 6) is 0.293. The van der Waals surface area contributed by atoms with E-state index in [0.29, 0.717) is 12.2 Å². The third-order valence-electron chi connectivity index (χ3n) is 3.06. The predicted molar refractivity (Wildman–Crippen MR) is 82.5 cm³/mol. The molecule has 0 aliphatic carbocycles. The van der Waals surface area contributed by atoms with Crippen LogP contribution < -0.4 is 16.3 Å². The molecule has 2 aromatic rings. The summed E-state index contributed by atoms with van der Waals surface area (Å²) >= 11 is 0. The lowest BCUT2D eigenvalue weighted by Gasteiger charge is -2.12. The van der Waals surface area contributed by atoms with Crippen molar-refractivity contribution >= 4 is 18.1 Å². The molecule has 8 heteroatoms. The van der Waals surface area contributed by atoms with E-state index in [1.807, 2.05) is 30.3 Å². The van der Waals surface area contributed by atoms with Crippen LogP contribution in [-0.2, 0) is 23.3 Å². The Morgan fingerprint density at radius 1 is 1.45 bits per heavy atom. The fourth-order valence-corrected chi connectivity index (χ4v) is 1.95. The number of carbonyl (C=O) groups excluding carboxylic acids is 1. The summed E-state index contributed by atoms with van der Waals surface area (Å²) in [4.78, 5) is 31.6. The van der Waals surface area contributed by atoms with Crippen LogP contribution in [0, 0.1) is 0 Å². The van der Waals surface area contributed by atoms with Crippen LogP contribution in [0.1, 0.15) is 11.3 Å². The summed E-state index contributed by atoms with van der Waals surface area (Å²) in [6.07, 6.45) is 0.574. The summed E-state index contributed by atoms with van der Waals surface area (Å²) in [6.45, 7) is 0.247. The molecule has 3 N–H and O–H groups in total. The Labute approximate surface area is 126 Å². The molecular formula is C14H17N5O3. The zero-order valence-electron chi connectivity index (χ0n) is 12.3. The summed E-state index contributed by atoms with van der Waals surface area (Å²) in [6, 6.07) is 9.45. The Hall–Kier alpha value is -3.03. The summed E-state index contributed by atoms with van der Waals surface area (Å²) in [7, 11) is 3.03. The van der Waals surface area contributed by atoms with Gasteiger partial charge in [-0.05, 0) is 5.56 Å². The average Bonchev–Trinajstić information content (AvgIpc) is 2.83. The molecule has 8 nitrogen and oxygen atoms in total. The first kappa shape index (κ1) is 15.4. The summed E-state index contributed by atoms with van der Waals surface area (Å²) in [5, 5.41) is 3.79. The van der Waals surface area contributed by atoms with Crippen molar-refractivity contribution < 1.29 is 9.63 Å². The first-order valence-corrected chi connectivity index (χ1v) is 6.51. The van der Waals surface area contributed by atoms with E-state index in [0.717, 1.165) is 5.56 Å². The van der Waals surface area contributed by atoms with Crippen LogP contribution in [0.15, 0.2) is 40.3 Å². The molecule has 0 spiro atoms. The van der Waals surface area contributed by atoms with E-state index in [1.54, 1.807) is 0 Å². The highest BCUT2D eigenvalue weighted by Gasteiger charge is 2.18. The number of nitrogens with one attached hydrogen (secondary N) is 1. The molecule has 0 fully saturated rings. The van der Waals surface area contributed by atoms with Gasteiger partial charge in [-0.3, -0.25) is 9.36 Å². The van der Waals surface area contributed by atoms with Crippen LogP contribution in [-0.4, -0.2) is 28.8 Å². The lowest BCUT2D eigenvalue weighted by molar-refractivity contribution is -0.107. The lowest BCUT2D eigenvalue weighted by Crippen LogP contribution is -2.24. The normalized spacial score (nSPS) is 11.3. The molecule has 1 heterocycles. The second kappa shape index (κ2) is 6.61. The molecular weight excluding hydrogens is 286 g/mol. The topological polar surface area (TPSA) is 106 Å². The molecule has 0 unspecified atom stereocenters. The Balaban J connectivity index is 2.20. The fourth-order valence-electron chi connectivity index (χ4n) is 1.95. The number of amidine groups is 1. The van der Waals surface area contributed by atoms with Crippen molar-refractivity contribution in [3.8, 4) is 0 Å². The van der Waals surface area contributed by atoms with Crippen LogP contribution in [0.5, 0.6) is 0 Å². The zero-order valence-corrected chi connectivity index (χ0v) is 12.3.